The molecule has 3 N–H and O–H groups in total. The number of amides is 1. The van der Waals surface area contributed by atoms with Gasteiger partial charge in [-0.05, 0) is 35.9 Å². The standard InChI is InChI=1S/C15H13ClN2O3/c1-21-13-6-8(2-5-12(13)19)14-17-11-7-9(16)3-4-10(11)15(20)18-14/h2-7,14,17,19H,1H3,(H,18,20)/t14-/m0/s1. The quantitative estimate of drug-likeness (QED) is 0.798. The first kappa shape index (κ1) is 13.6. The molecule has 1 aliphatic rings. The first-order valence-corrected chi connectivity index (χ1v) is 6.70. The highest BCUT2D eigenvalue weighted by molar-refractivity contribution is 6.31. The van der Waals surface area contributed by atoms with Gasteiger partial charge in [0.25, 0.3) is 5.91 Å². The molecule has 21 heavy (non-hydrogen) atoms. The van der Waals surface area contributed by atoms with E-state index in [-0.39, 0.29) is 11.7 Å². The number of aromatic hydroxyl groups is 1. The molecule has 5 nitrogen and oxygen atoms in total. The van der Waals surface area contributed by atoms with Crippen LogP contribution in [0, 0.1) is 0 Å². The molecule has 0 fully saturated rings. The number of carbonyl (C=O) groups is 1. The fourth-order valence-corrected chi connectivity index (χ4v) is 2.45. The average molecular weight is 305 g/mol. The number of ether oxygens (including phenoxy) is 1. The van der Waals surface area contributed by atoms with Crippen LogP contribution in [0.25, 0.3) is 0 Å². The van der Waals surface area contributed by atoms with Crippen LogP contribution >= 0.6 is 11.6 Å². The number of rotatable bonds is 2. The van der Waals surface area contributed by atoms with Crippen LogP contribution in [0.15, 0.2) is 36.4 Å². The van der Waals surface area contributed by atoms with Gasteiger partial charge in [-0.1, -0.05) is 17.7 Å². The Morgan fingerprint density at radius 1 is 1.19 bits per heavy atom. The van der Waals surface area contributed by atoms with Crippen molar-refractivity contribution in [1.82, 2.24) is 5.32 Å². The number of benzene rings is 2. The lowest BCUT2D eigenvalue weighted by molar-refractivity contribution is 0.0935. The van der Waals surface area contributed by atoms with Crippen LogP contribution in [0.2, 0.25) is 5.02 Å². The molecule has 0 bridgehead atoms. The summed E-state index contributed by atoms with van der Waals surface area (Å²) in [5.74, 6) is 0.213. The molecule has 1 heterocycles. The smallest absolute Gasteiger partial charge is 0.255 e. The van der Waals surface area contributed by atoms with Crippen LogP contribution < -0.4 is 15.4 Å². The van der Waals surface area contributed by atoms with Gasteiger partial charge in [0.05, 0.1) is 18.4 Å². The predicted molar refractivity (Wildman–Crippen MR) is 79.9 cm³/mol. The maximum atomic E-state index is 12.1. The van der Waals surface area contributed by atoms with Crippen molar-refractivity contribution in [2.75, 3.05) is 12.4 Å². The van der Waals surface area contributed by atoms with Crippen molar-refractivity contribution in [2.24, 2.45) is 0 Å². The number of hydrogen-bond donors (Lipinski definition) is 3. The largest absolute Gasteiger partial charge is 0.504 e. The van der Waals surface area contributed by atoms with Crippen LogP contribution in [-0.2, 0) is 0 Å². The number of fused-ring (bicyclic) bond motifs is 1. The summed E-state index contributed by atoms with van der Waals surface area (Å²) < 4.78 is 5.08. The third-order valence-corrected chi connectivity index (χ3v) is 3.57. The van der Waals surface area contributed by atoms with Crippen LogP contribution in [-0.4, -0.2) is 18.1 Å². The Kier molecular flexibility index (Phi) is 3.35. The zero-order valence-corrected chi connectivity index (χ0v) is 11.9. The van der Waals surface area contributed by atoms with Gasteiger partial charge in [0.15, 0.2) is 11.5 Å². The minimum Gasteiger partial charge on any atom is -0.504 e. The Morgan fingerprint density at radius 2 is 2.00 bits per heavy atom. The second-order valence-corrected chi connectivity index (χ2v) is 5.11. The Bertz CT molecular complexity index is 718. The Labute approximate surface area is 126 Å². The number of carbonyl (C=O) groups excluding carboxylic acids is 1. The highest BCUT2D eigenvalue weighted by Crippen LogP contribution is 2.33. The van der Waals surface area contributed by atoms with Crippen LogP contribution in [0.1, 0.15) is 22.1 Å². The summed E-state index contributed by atoms with van der Waals surface area (Å²) >= 11 is 5.96. The number of anilines is 1. The first-order valence-electron chi connectivity index (χ1n) is 6.32. The third-order valence-electron chi connectivity index (χ3n) is 3.34. The molecular weight excluding hydrogens is 292 g/mol. The van der Waals surface area contributed by atoms with Gasteiger partial charge in [-0.2, -0.15) is 0 Å². The van der Waals surface area contributed by atoms with Gasteiger partial charge in [0.2, 0.25) is 0 Å². The van der Waals surface area contributed by atoms with Gasteiger partial charge in [-0.25, -0.2) is 0 Å². The maximum Gasteiger partial charge on any atom is 0.255 e. The molecule has 3 rings (SSSR count). The van der Waals surface area contributed by atoms with E-state index >= 15 is 0 Å². The van der Waals surface area contributed by atoms with Crippen LogP contribution in [0.4, 0.5) is 5.69 Å². The normalized spacial score (nSPS) is 16.7. The van der Waals surface area contributed by atoms with Gasteiger partial charge < -0.3 is 20.5 Å². The van der Waals surface area contributed by atoms with Crippen molar-refractivity contribution in [3.63, 3.8) is 0 Å². The van der Waals surface area contributed by atoms with E-state index in [0.29, 0.717) is 22.0 Å². The van der Waals surface area contributed by atoms with E-state index in [1.165, 1.54) is 13.2 Å². The van der Waals surface area contributed by atoms with Crippen molar-refractivity contribution < 1.29 is 14.6 Å². The lowest BCUT2D eigenvalue weighted by atomic mass is 10.1. The minimum atomic E-state index is -0.419. The van der Waals surface area contributed by atoms with Crippen molar-refractivity contribution >= 4 is 23.2 Å². The van der Waals surface area contributed by atoms with E-state index in [0.717, 1.165) is 5.56 Å². The highest BCUT2D eigenvalue weighted by atomic mass is 35.5. The molecule has 0 unspecified atom stereocenters. The molecule has 0 saturated carbocycles. The average Bonchev–Trinajstić information content (AvgIpc) is 2.47. The molecule has 0 saturated heterocycles. The summed E-state index contributed by atoms with van der Waals surface area (Å²) in [5, 5.41) is 16.2. The molecule has 6 heteroatoms. The molecule has 2 aromatic carbocycles. The number of methoxy groups -OCH3 is 1. The van der Waals surface area contributed by atoms with Crippen molar-refractivity contribution in [3.8, 4) is 11.5 Å². The summed E-state index contributed by atoms with van der Waals surface area (Å²) in [6, 6.07) is 9.96. The van der Waals surface area contributed by atoms with Crippen molar-refractivity contribution in [2.45, 2.75) is 6.17 Å². The van der Waals surface area contributed by atoms with Crippen molar-refractivity contribution in [1.29, 1.82) is 0 Å². The highest BCUT2D eigenvalue weighted by Gasteiger charge is 2.25. The molecule has 0 aromatic heterocycles. The summed E-state index contributed by atoms with van der Waals surface area (Å²) in [6.45, 7) is 0. The third kappa shape index (κ3) is 2.48. The van der Waals surface area contributed by atoms with E-state index in [2.05, 4.69) is 10.6 Å². The fraction of sp³-hybridized carbons (Fsp3) is 0.133. The zero-order valence-electron chi connectivity index (χ0n) is 11.2. The number of hydrogen-bond acceptors (Lipinski definition) is 4. The van der Waals surface area contributed by atoms with Gasteiger partial charge in [0.1, 0.15) is 6.17 Å². The number of phenolic OH excluding ortho intramolecular Hbond substituents is 1. The molecule has 1 amide bonds. The molecule has 2 aromatic rings. The molecule has 1 aliphatic heterocycles. The second kappa shape index (κ2) is 5.18. The number of nitrogens with one attached hydrogen (secondary N) is 2. The fourth-order valence-electron chi connectivity index (χ4n) is 2.27. The lowest BCUT2D eigenvalue weighted by Gasteiger charge is -2.28. The monoisotopic (exact) mass is 304 g/mol. The van der Waals surface area contributed by atoms with Gasteiger partial charge in [-0.3, -0.25) is 4.79 Å². The molecule has 108 valence electrons. The Hall–Kier alpha value is -2.40. The second-order valence-electron chi connectivity index (χ2n) is 4.67. The van der Waals surface area contributed by atoms with Gasteiger partial charge in [-0.15, -0.1) is 0 Å². The number of phenols is 1. The first-order chi connectivity index (χ1) is 10.1. The molecular formula is C15H13ClN2O3. The Morgan fingerprint density at radius 3 is 2.76 bits per heavy atom. The summed E-state index contributed by atoms with van der Waals surface area (Å²) in [5.41, 5.74) is 1.98. The predicted octanol–water partition coefficient (Wildman–Crippen LogP) is 2.91. The van der Waals surface area contributed by atoms with Crippen LogP contribution in [0.3, 0.4) is 0 Å². The van der Waals surface area contributed by atoms with E-state index < -0.39 is 6.17 Å². The van der Waals surface area contributed by atoms with Gasteiger partial charge >= 0.3 is 0 Å². The summed E-state index contributed by atoms with van der Waals surface area (Å²) in [6.07, 6.45) is -0.419. The van der Waals surface area contributed by atoms with Crippen LogP contribution in [0.5, 0.6) is 11.5 Å². The van der Waals surface area contributed by atoms with E-state index in [4.69, 9.17) is 16.3 Å². The maximum absolute atomic E-state index is 12.1. The molecule has 0 aliphatic carbocycles. The van der Waals surface area contributed by atoms with E-state index in [1.807, 2.05) is 0 Å². The number of halogens is 1. The SMILES string of the molecule is COc1cc([C@@H]2NC(=O)c3ccc(Cl)cc3N2)ccc1O. The topological polar surface area (TPSA) is 70.6 Å². The lowest BCUT2D eigenvalue weighted by Crippen LogP contribution is -2.38. The Balaban J connectivity index is 1.97. The molecule has 0 spiro atoms. The van der Waals surface area contributed by atoms with Crippen molar-refractivity contribution in [3.05, 3.63) is 52.5 Å². The summed E-state index contributed by atoms with van der Waals surface area (Å²) in [4.78, 5) is 12.1. The summed E-state index contributed by atoms with van der Waals surface area (Å²) in [7, 11) is 1.47. The van der Waals surface area contributed by atoms with E-state index in [9.17, 15) is 9.90 Å². The minimum absolute atomic E-state index is 0.0480. The molecule has 0 radical (unpaired) electrons. The zero-order chi connectivity index (χ0) is 15.0. The molecule has 1 atom stereocenters. The van der Waals surface area contributed by atoms with Gasteiger partial charge in [0, 0.05) is 5.02 Å². The van der Waals surface area contributed by atoms with E-state index in [1.54, 1.807) is 30.3 Å².